The van der Waals surface area contributed by atoms with E-state index in [1.807, 2.05) is 17.0 Å². The second-order valence-corrected chi connectivity index (χ2v) is 7.49. The second kappa shape index (κ2) is 6.89. The van der Waals surface area contributed by atoms with Crippen LogP contribution in [0, 0.1) is 5.82 Å². The number of halogens is 1. The third-order valence-corrected chi connectivity index (χ3v) is 5.45. The fourth-order valence-corrected chi connectivity index (χ4v) is 3.71. The van der Waals surface area contributed by atoms with Crippen LogP contribution in [0.5, 0.6) is 0 Å². The number of amides is 1. The lowest BCUT2D eigenvalue weighted by atomic mass is 10.2. The SMILES string of the molecule is O=C(CCc1ccc(-c2ccc(F)cc2)o1)N1CCn2c(nnc2C2CC2)C1. The molecule has 0 N–H and O–H groups in total. The Morgan fingerprint density at radius 2 is 1.93 bits per heavy atom. The lowest BCUT2D eigenvalue weighted by molar-refractivity contribution is -0.132. The molecule has 3 aromatic rings. The van der Waals surface area contributed by atoms with Crippen LogP contribution in [0.25, 0.3) is 11.3 Å². The molecule has 0 spiro atoms. The number of fused-ring (bicyclic) bond motifs is 1. The summed E-state index contributed by atoms with van der Waals surface area (Å²) in [6.45, 7) is 2.00. The quantitative estimate of drug-likeness (QED) is 0.679. The Kier molecular flexibility index (Phi) is 4.22. The van der Waals surface area contributed by atoms with Gasteiger partial charge in [0.2, 0.25) is 5.91 Å². The first-order chi connectivity index (χ1) is 13.7. The summed E-state index contributed by atoms with van der Waals surface area (Å²) in [4.78, 5) is 14.5. The Morgan fingerprint density at radius 1 is 1.11 bits per heavy atom. The first-order valence-electron chi connectivity index (χ1n) is 9.72. The van der Waals surface area contributed by atoms with Gasteiger partial charge in [0.25, 0.3) is 0 Å². The standard InChI is InChI=1S/C21H21FN4O2/c22-16-5-3-14(4-6-16)18-9-7-17(28-18)8-10-20(27)25-11-12-26-19(13-25)23-24-21(26)15-1-2-15/h3-7,9,15H,1-2,8,10-13H2. The molecule has 0 bridgehead atoms. The third kappa shape index (κ3) is 3.32. The predicted octanol–water partition coefficient (Wildman–Crippen LogP) is 3.53. The molecule has 28 heavy (non-hydrogen) atoms. The van der Waals surface area contributed by atoms with Crippen LogP contribution in [0.2, 0.25) is 0 Å². The normalized spacial score (nSPS) is 16.2. The Labute approximate surface area is 162 Å². The van der Waals surface area contributed by atoms with Crippen LogP contribution in [0.4, 0.5) is 4.39 Å². The molecule has 2 aromatic heterocycles. The van der Waals surface area contributed by atoms with Crippen LogP contribution in [0.3, 0.4) is 0 Å². The Hall–Kier alpha value is -2.96. The van der Waals surface area contributed by atoms with Gasteiger partial charge in [0.15, 0.2) is 5.82 Å². The third-order valence-electron chi connectivity index (χ3n) is 5.45. The number of benzene rings is 1. The lowest BCUT2D eigenvalue weighted by Crippen LogP contribution is -2.38. The van der Waals surface area contributed by atoms with Crippen molar-refractivity contribution in [2.24, 2.45) is 0 Å². The number of nitrogens with zero attached hydrogens (tertiary/aromatic N) is 4. The van der Waals surface area contributed by atoms with Crippen molar-refractivity contribution in [3.8, 4) is 11.3 Å². The molecule has 5 rings (SSSR count). The molecule has 1 aromatic carbocycles. The van der Waals surface area contributed by atoms with Gasteiger partial charge in [-0.25, -0.2) is 4.39 Å². The molecule has 3 heterocycles. The van der Waals surface area contributed by atoms with Crippen molar-refractivity contribution in [3.63, 3.8) is 0 Å². The number of carbonyl (C=O) groups excluding carboxylic acids is 1. The Morgan fingerprint density at radius 3 is 2.71 bits per heavy atom. The number of aromatic nitrogens is 3. The molecule has 7 heteroatoms. The number of carbonyl (C=O) groups is 1. The molecule has 1 amide bonds. The van der Waals surface area contributed by atoms with Crippen molar-refractivity contribution >= 4 is 5.91 Å². The van der Waals surface area contributed by atoms with Crippen molar-refractivity contribution in [2.45, 2.75) is 44.7 Å². The zero-order chi connectivity index (χ0) is 19.1. The van der Waals surface area contributed by atoms with Crippen LogP contribution < -0.4 is 0 Å². The molecule has 144 valence electrons. The fraction of sp³-hybridized carbons (Fsp3) is 0.381. The van der Waals surface area contributed by atoms with Gasteiger partial charge in [-0.2, -0.15) is 0 Å². The van der Waals surface area contributed by atoms with Gasteiger partial charge in [-0.1, -0.05) is 0 Å². The zero-order valence-electron chi connectivity index (χ0n) is 15.5. The van der Waals surface area contributed by atoms with Gasteiger partial charge < -0.3 is 13.9 Å². The number of hydrogen-bond acceptors (Lipinski definition) is 4. The number of rotatable bonds is 5. The summed E-state index contributed by atoms with van der Waals surface area (Å²) in [5, 5.41) is 8.61. The number of hydrogen-bond donors (Lipinski definition) is 0. The van der Waals surface area contributed by atoms with E-state index >= 15 is 0 Å². The summed E-state index contributed by atoms with van der Waals surface area (Å²) in [5.74, 6) is 3.80. The molecule has 0 radical (unpaired) electrons. The number of aryl methyl sites for hydroxylation is 1. The van der Waals surface area contributed by atoms with Gasteiger partial charge in [0.1, 0.15) is 23.2 Å². The highest BCUT2D eigenvalue weighted by Gasteiger charge is 2.32. The lowest BCUT2D eigenvalue weighted by Gasteiger charge is -2.28. The maximum Gasteiger partial charge on any atom is 0.223 e. The molecule has 1 fully saturated rings. The highest BCUT2D eigenvalue weighted by molar-refractivity contribution is 5.76. The number of furan rings is 1. The minimum absolute atomic E-state index is 0.0990. The van der Waals surface area contributed by atoms with Gasteiger partial charge >= 0.3 is 0 Å². The second-order valence-electron chi connectivity index (χ2n) is 7.49. The molecule has 2 aliphatic rings. The summed E-state index contributed by atoms with van der Waals surface area (Å²) in [6, 6.07) is 9.91. The van der Waals surface area contributed by atoms with E-state index in [2.05, 4.69) is 14.8 Å². The molecule has 1 aliphatic heterocycles. The molecule has 0 saturated heterocycles. The summed E-state index contributed by atoms with van der Waals surface area (Å²) in [5.41, 5.74) is 0.820. The molecule has 0 atom stereocenters. The van der Waals surface area contributed by atoms with Crippen molar-refractivity contribution in [1.82, 2.24) is 19.7 Å². The Balaban J connectivity index is 1.19. The van der Waals surface area contributed by atoms with Crippen molar-refractivity contribution in [2.75, 3.05) is 6.54 Å². The maximum absolute atomic E-state index is 13.0. The summed E-state index contributed by atoms with van der Waals surface area (Å²) in [6.07, 6.45) is 3.32. The molecular weight excluding hydrogens is 359 g/mol. The van der Waals surface area contributed by atoms with E-state index in [-0.39, 0.29) is 11.7 Å². The van der Waals surface area contributed by atoms with Gasteiger partial charge in [-0.3, -0.25) is 4.79 Å². The fourth-order valence-electron chi connectivity index (χ4n) is 3.71. The van der Waals surface area contributed by atoms with Crippen molar-refractivity contribution < 1.29 is 13.6 Å². The topological polar surface area (TPSA) is 64.2 Å². The summed E-state index contributed by atoms with van der Waals surface area (Å²) >= 11 is 0. The Bertz CT molecular complexity index is 1000. The molecule has 0 unspecified atom stereocenters. The molecule has 1 saturated carbocycles. The van der Waals surface area contributed by atoms with Gasteiger partial charge in [-0.05, 0) is 49.2 Å². The smallest absolute Gasteiger partial charge is 0.223 e. The van der Waals surface area contributed by atoms with E-state index in [1.54, 1.807) is 12.1 Å². The highest BCUT2D eigenvalue weighted by Crippen LogP contribution is 2.39. The van der Waals surface area contributed by atoms with Crippen LogP contribution in [0.15, 0.2) is 40.8 Å². The van der Waals surface area contributed by atoms with Crippen LogP contribution in [0.1, 0.15) is 42.6 Å². The van der Waals surface area contributed by atoms with Crippen molar-refractivity contribution in [3.05, 3.63) is 59.6 Å². The van der Waals surface area contributed by atoms with Crippen LogP contribution in [-0.2, 0) is 24.3 Å². The van der Waals surface area contributed by atoms with Gasteiger partial charge in [0.05, 0.1) is 6.54 Å². The molecular formula is C21H21FN4O2. The van der Waals surface area contributed by atoms with E-state index in [9.17, 15) is 9.18 Å². The maximum atomic E-state index is 13.0. The van der Waals surface area contributed by atoms with Gasteiger partial charge in [0, 0.05) is 37.4 Å². The van der Waals surface area contributed by atoms with E-state index in [4.69, 9.17) is 4.42 Å². The van der Waals surface area contributed by atoms with Crippen molar-refractivity contribution in [1.29, 1.82) is 0 Å². The average molecular weight is 380 g/mol. The zero-order valence-corrected chi connectivity index (χ0v) is 15.5. The summed E-state index contributed by atoms with van der Waals surface area (Å²) in [7, 11) is 0. The van der Waals surface area contributed by atoms with E-state index < -0.39 is 0 Å². The summed E-state index contributed by atoms with van der Waals surface area (Å²) < 4.78 is 21.1. The van der Waals surface area contributed by atoms with E-state index in [1.165, 1.54) is 25.0 Å². The first-order valence-corrected chi connectivity index (χ1v) is 9.72. The van der Waals surface area contributed by atoms with Gasteiger partial charge in [-0.15, -0.1) is 10.2 Å². The van der Waals surface area contributed by atoms with E-state index in [0.29, 0.717) is 37.6 Å². The van der Waals surface area contributed by atoms with Crippen LogP contribution >= 0.6 is 0 Å². The monoisotopic (exact) mass is 380 g/mol. The predicted molar refractivity (Wildman–Crippen MR) is 99.8 cm³/mol. The minimum Gasteiger partial charge on any atom is -0.461 e. The minimum atomic E-state index is -0.275. The first kappa shape index (κ1) is 17.2. The highest BCUT2D eigenvalue weighted by atomic mass is 19.1. The molecule has 6 nitrogen and oxygen atoms in total. The molecule has 1 aliphatic carbocycles. The largest absolute Gasteiger partial charge is 0.461 e. The average Bonchev–Trinajstić information content (AvgIpc) is 3.29. The van der Waals surface area contributed by atoms with Crippen LogP contribution in [-0.4, -0.2) is 32.1 Å². The van der Waals surface area contributed by atoms with E-state index in [0.717, 1.165) is 29.5 Å².